The average Bonchev–Trinajstić information content (AvgIpc) is 2.98. The molecule has 0 unspecified atom stereocenters. The second-order valence-corrected chi connectivity index (χ2v) is 5.62. The second kappa shape index (κ2) is 5.44. The molecule has 3 aromatic heterocycles. The van der Waals surface area contributed by atoms with Gasteiger partial charge in [0.2, 0.25) is 0 Å². The Labute approximate surface area is 139 Å². The molecule has 126 valence electrons. The number of hydrogen-bond donors (Lipinski definition) is 2. The molecule has 0 radical (unpaired) electrons. The zero-order valence-corrected chi connectivity index (χ0v) is 12.7. The smallest absolute Gasteiger partial charge is 0.433 e. The van der Waals surface area contributed by atoms with Gasteiger partial charge in [-0.05, 0) is 23.8 Å². The van der Waals surface area contributed by atoms with Crippen molar-refractivity contribution in [2.45, 2.75) is 12.6 Å². The normalized spacial score (nSPS) is 12.1. The van der Waals surface area contributed by atoms with E-state index in [2.05, 4.69) is 20.2 Å². The van der Waals surface area contributed by atoms with E-state index in [9.17, 15) is 18.3 Å². The first-order valence-corrected chi connectivity index (χ1v) is 7.39. The quantitative estimate of drug-likeness (QED) is 0.580. The topological polar surface area (TPSA) is 74.7 Å². The Morgan fingerprint density at radius 3 is 2.72 bits per heavy atom. The molecule has 0 bridgehead atoms. The number of nitrogens with one attached hydrogen (secondary N) is 1. The zero-order valence-electron chi connectivity index (χ0n) is 12.7. The van der Waals surface area contributed by atoms with Crippen LogP contribution in [0, 0.1) is 0 Å². The maximum Gasteiger partial charge on any atom is 0.433 e. The molecular formula is C17H11F3N4O. The number of aromatic amines is 1. The molecule has 5 nitrogen and oxygen atoms in total. The lowest BCUT2D eigenvalue weighted by Crippen LogP contribution is -2.08. The molecule has 0 amide bonds. The van der Waals surface area contributed by atoms with Crippen LogP contribution in [0.5, 0.6) is 5.75 Å². The predicted molar refractivity (Wildman–Crippen MR) is 85.1 cm³/mol. The molecule has 4 rings (SSSR count). The van der Waals surface area contributed by atoms with E-state index in [0.29, 0.717) is 17.5 Å². The third kappa shape index (κ3) is 2.65. The van der Waals surface area contributed by atoms with E-state index in [4.69, 9.17) is 0 Å². The maximum atomic E-state index is 13.1. The van der Waals surface area contributed by atoms with Gasteiger partial charge >= 0.3 is 6.18 Å². The number of H-pyrrole nitrogens is 1. The highest BCUT2D eigenvalue weighted by Gasteiger charge is 2.35. The third-order valence-electron chi connectivity index (χ3n) is 3.96. The van der Waals surface area contributed by atoms with Gasteiger partial charge in [0.25, 0.3) is 0 Å². The van der Waals surface area contributed by atoms with Crippen LogP contribution in [0.1, 0.15) is 17.0 Å². The van der Waals surface area contributed by atoms with Crippen molar-refractivity contribution < 1.29 is 18.3 Å². The van der Waals surface area contributed by atoms with Gasteiger partial charge in [0.1, 0.15) is 16.8 Å². The van der Waals surface area contributed by atoms with Crippen molar-refractivity contribution in [1.82, 2.24) is 20.2 Å². The van der Waals surface area contributed by atoms with Crippen LogP contribution in [0.15, 0.2) is 42.7 Å². The van der Waals surface area contributed by atoms with E-state index in [-0.39, 0.29) is 16.5 Å². The van der Waals surface area contributed by atoms with Gasteiger partial charge < -0.3 is 5.11 Å². The van der Waals surface area contributed by atoms with E-state index in [0.717, 1.165) is 17.5 Å². The zero-order chi connectivity index (χ0) is 17.6. The van der Waals surface area contributed by atoms with Crippen molar-refractivity contribution in [3.63, 3.8) is 0 Å². The van der Waals surface area contributed by atoms with Gasteiger partial charge in [-0.3, -0.25) is 10.1 Å². The lowest BCUT2D eigenvalue weighted by atomic mass is 10.0. The van der Waals surface area contributed by atoms with E-state index in [1.54, 1.807) is 18.3 Å². The standard InChI is InChI=1S/C17H11F3N4O/c18-17(19,20)16-10-4-3-9(6-11(10)14(25)8-22-16)7-13-15-12(23-24-13)2-1-5-21-15/h1-6,8,25H,7H2,(H,23,24). The second-order valence-electron chi connectivity index (χ2n) is 5.62. The Morgan fingerprint density at radius 2 is 1.92 bits per heavy atom. The van der Waals surface area contributed by atoms with Crippen molar-refractivity contribution in [2.75, 3.05) is 0 Å². The number of rotatable bonds is 2. The van der Waals surface area contributed by atoms with Crippen molar-refractivity contribution in [2.24, 2.45) is 0 Å². The minimum Gasteiger partial charge on any atom is -0.506 e. The highest BCUT2D eigenvalue weighted by Crippen LogP contribution is 2.36. The van der Waals surface area contributed by atoms with Gasteiger partial charge in [0.15, 0.2) is 5.69 Å². The first kappa shape index (κ1) is 15.4. The number of nitrogens with zero attached hydrogens (tertiary/aromatic N) is 3. The van der Waals surface area contributed by atoms with Crippen molar-refractivity contribution in [1.29, 1.82) is 0 Å². The monoisotopic (exact) mass is 344 g/mol. The summed E-state index contributed by atoms with van der Waals surface area (Å²) >= 11 is 0. The summed E-state index contributed by atoms with van der Waals surface area (Å²) in [5, 5.41) is 16.9. The Bertz CT molecular complexity index is 1090. The fourth-order valence-electron chi connectivity index (χ4n) is 2.84. The van der Waals surface area contributed by atoms with Gasteiger partial charge in [0, 0.05) is 23.4 Å². The molecule has 1 aromatic carbocycles. The van der Waals surface area contributed by atoms with Crippen molar-refractivity contribution >= 4 is 21.8 Å². The molecule has 2 N–H and O–H groups in total. The lowest BCUT2D eigenvalue weighted by Gasteiger charge is -2.11. The summed E-state index contributed by atoms with van der Waals surface area (Å²) in [5.41, 5.74) is 1.88. The fraction of sp³-hybridized carbons (Fsp3) is 0.118. The van der Waals surface area contributed by atoms with Crippen LogP contribution >= 0.6 is 0 Å². The SMILES string of the molecule is Oc1cnc(C(F)(F)F)c2ccc(Cc3[nH]nc4cccnc34)cc12. The van der Waals surface area contributed by atoms with Gasteiger partial charge in [0.05, 0.1) is 11.9 Å². The summed E-state index contributed by atoms with van der Waals surface area (Å²) in [6, 6.07) is 8.01. The Hall–Kier alpha value is -3.16. The lowest BCUT2D eigenvalue weighted by molar-refractivity contribution is -0.139. The van der Waals surface area contributed by atoms with Crippen molar-refractivity contribution in [3.8, 4) is 5.75 Å². The number of pyridine rings is 2. The molecule has 3 heterocycles. The van der Waals surface area contributed by atoms with Gasteiger partial charge in [-0.1, -0.05) is 12.1 Å². The minimum absolute atomic E-state index is 0.108. The maximum absolute atomic E-state index is 13.1. The summed E-state index contributed by atoms with van der Waals surface area (Å²) < 4.78 is 39.2. The molecule has 0 atom stereocenters. The molecule has 0 fully saturated rings. The highest BCUT2D eigenvalue weighted by atomic mass is 19.4. The summed E-state index contributed by atoms with van der Waals surface area (Å²) in [4.78, 5) is 7.58. The average molecular weight is 344 g/mol. The number of aromatic hydroxyl groups is 1. The molecule has 0 spiro atoms. The van der Waals surface area contributed by atoms with E-state index >= 15 is 0 Å². The Balaban J connectivity index is 1.80. The van der Waals surface area contributed by atoms with Crippen LogP contribution < -0.4 is 0 Å². The summed E-state index contributed by atoms with van der Waals surface area (Å²) in [7, 11) is 0. The van der Waals surface area contributed by atoms with Crippen LogP contribution in [-0.2, 0) is 12.6 Å². The Kier molecular flexibility index (Phi) is 3.34. The summed E-state index contributed by atoms with van der Waals surface area (Å²) in [6.45, 7) is 0. The van der Waals surface area contributed by atoms with Gasteiger partial charge in [-0.15, -0.1) is 0 Å². The minimum atomic E-state index is -4.59. The first-order valence-electron chi connectivity index (χ1n) is 7.39. The molecule has 0 aliphatic heterocycles. The number of alkyl halides is 3. The predicted octanol–water partition coefficient (Wildman–Crippen LogP) is 3.82. The number of halogens is 3. The highest BCUT2D eigenvalue weighted by molar-refractivity contribution is 5.90. The van der Waals surface area contributed by atoms with Crippen molar-refractivity contribution in [3.05, 3.63) is 59.7 Å². The van der Waals surface area contributed by atoms with E-state index < -0.39 is 11.9 Å². The van der Waals surface area contributed by atoms with E-state index in [1.807, 2.05) is 6.07 Å². The van der Waals surface area contributed by atoms with Crippen LogP contribution in [0.4, 0.5) is 13.2 Å². The largest absolute Gasteiger partial charge is 0.506 e. The molecule has 4 aromatic rings. The molecule has 8 heteroatoms. The summed E-state index contributed by atoms with van der Waals surface area (Å²) in [5.74, 6) is -0.294. The molecular weight excluding hydrogens is 333 g/mol. The molecule has 0 aliphatic carbocycles. The molecule has 0 saturated heterocycles. The fourth-order valence-corrected chi connectivity index (χ4v) is 2.84. The van der Waals surface area contributed by atoms with Crippen LogP contribution in [0.2, 0.25) is 0 Å². The van der Waals surface area contributed by atoms with E-state index in [1.165, 1.54) is 12.1 Å². The van der Waals surface area contributed by atoms with Crippen LogP contribution in [-0.4, -0.2) is 25.3 Å². The van der Waals surface area contributed by atoms with Crippen LogP contribution in [0.25, 0.3) is 21.8 Å². The number of hydrogen-bond acceptors (Lipinski definition) is 4. The number of aromatic nitrogens is 4. The summed E-state index contributed by atoms with van der Waals surface area (Å²) in [6.07, 6.45) is -1.72. The third-order valence-corrected chi connectivity index (χ3v) is 3.96. The molecule has 0 saturated carbocycles. The van der Waals surface area contributed by atoms with Gasteiger partial charge in [-0.25, -0.2) is 4.98 Å². The first-order chi connectivity index (χ1) is 11.9. The molecule has 25 heavy (non-hydrogen) atoms. The number of benzene rings is 1. The van der Waals surface area contributed by atoms with Crippen LogP contribution in [0.3, 0.4) is 0 Å². The Morgan fingerprint density at radius 1 is 1.08 bits per heavy atom. The molecule has 0 aliphatic rings. The number of fused-ring (bicyclic) bond motifs is 2. The van der Waals surface area contributed by atoms with Gasteiger partial charge in [-0.2, -0.15) is 18.3 Å².